The fourth-order valence-corrected chi connectivity index (χ4v) is 8.01. The maximum Gasteiger partial charge on any atom is 0.422 e. The van der Waals surface area contributed by atoms with Gasteiger partial charge in [0.25, 0.3) is 0 Å². The standard InChI is InChI=1S/C40H49F3N8O5/c1-8-25-19-27-32(33(54-23-40(41,42)43)31(25)30-24(2)9-10-29-28(30)20-44-47-29)45-35(55-26-11-15-50(16-12-26)36(52)48(6)7)46-34(27)49-17-13-39(14-18-49)21-51(22-39)37(53)56-38(3,4)5/h8-10,19-20,26H,1,11-18,21-23H2,2-7H3,(H,44,47). The van der Waals surface area contributed by atoms with Gasteiger partial charge in [-0.15, -0.1) is 0 Å². The number of H-pyrrole nitrogens is 1. The number of hydrogen-bond acceptors (Lipinski definition) is 9. The van der Waals surface area contributed by atoms with Gasteiger partial charge in [0, 0.05) is 88.0 Å². The van der Waals surface area contributed by atoms with Gasteiger partial charge >= 0.3 is 24.3 Å². The maximum atomic E-state index is 14.0. The zero-order valence-corrected chi connectivity index (χ0v) is 32.8. The van der Waals surface area contributed by atoms with Crippen LogP contribution in [0.15, 0.2) is 31.0 Å². The molecule has 4 aromatic rings. The smallest absolute Gasteiger partial charge is 0.422 e. The van der Waals surface area contributed by atoms with E-state index < -0.39 is 18.4 Å². The van der Waals surface area contributed by atoms with Crippen molar-refractivity contribution >= 4 is 45.8 Å². The first-order valence-electron chi connectivity index (χ1n) is 18.9. The number of alkyl halides is 3. The van der Waals surface area contributed by atoms with Crippen molar-refractivity contribution in [1.29, 1.82) is 0 Å². The number of rotatable bonds is 7. The van der Waals surface area contributed by atoms with Crippen LogP contribution in [-0.4, -0.2) is 125 Å². The molecule has 1 spiro atoms. The summed E-state index contributed by atoms with van der Waals surface area (Å²) in [6.45, 7) is 13.2. The lowest BCUT2D eigenvalue weighted by molar-refractivity contribution is -0.153. The van der Waals surface area contributed by atoms with Crippen LogP contribution in [0, 0.1) is 12.3 Å². The molecule has 0 aliphatic carbocycles. The Bertz CT molecular complexity index is 2140. The van der Waals surface area contributed by atoms with Crippen molar-refractivity contribution in [1.82, 2.24) is 34.9 Å². The molecule has 3 fully saturated rings. The number of anilines is 1. The van der Waals surface area contributed by atoms with E-state index in [1.54, 1.807) is 36.2 Å². The molecule has 5 heterocycles. The fraction of sp³-hybridized carbons (Fsp3) is 0.525. The number of aromatic amines is 1. The van der Waals surface area contributed by atoms with Crippen molar-refractivity contribution in [3.05, 3.63) is 42.1 Å². The molecule has 0 radical (unpaired) electrons. The average molecular weight is 779 g/mol. The van der Waals surface area contributed by atoms with Gasteiger partial charge in [-0.05, 0) is 69.4 Å². The SMILES string of the molecule is C=Cc1cc2c(N3CCC4(CC3)CN(C(=O)OC(C)(C)C)C4)nc(OC3CCN(C(=O)N(C)C)CC3)nc2c(OCC(F)(F)F)c1-c1c(C)ccc2[nH]ncc12. The predicted octanol–water partition coefficient (Wildman–Crippen LogP) is 7.43. The van der Waals surface area contributed by atoms with Crippen molar-refractivity contribution < 1.29 is 37.0 Å². The molecule has 3 amide bonds. The molecule has 1 N–H and O–H groups in total. The molecule has 3 saturated heterocycles. The Labute approximate surface area is 323 Å². The molecule has 56 heavy (non-hydrogen) atoms. The first kappa shape index (κ1) is 39.0. The number of carbonyl (C=O) groups is 2. The van der Waals surface area contributed by atoms with Crippen molar-refractivity contribution in [3.8, 4) is 22.9 Å². The highest BCUT2D eigenvalue weighted by Gasteiger charge is 2.48. The Balaban J connectivity index is 1.30. The summed E-state index contributed by atoms with van der Waals surface area (Å²) in [5.41, 5.74) is 2.61. The summed E-state index contributed by atoms with van der Waals surface area (Å²) >= 11 is 0. The average Bonchev–Trinajstić information content (AvgIpc) is 3.60. The second kappa shape index (κ2) is 14.7. The van der Waals surface area contributed by atoms with E-state index in [1.807, 2.05) is 45.9 Å². The van der Waals surface area contributed by atoms with E-state index in [4.69, 9.17) is 24.2 Å². The summed E-state index contributed by atoms with van der Waals surface area (Å²) in [6, 6.07) is 5.53. The topological polar surface area (TPSA) is 129 Å². The van der Waals surface area contributed by atoms with Crippen LogP contribution in [0.2, 0.25) is 0 Å². The molecule has 3 aliphatic rings. The van der Waals surface area contributed by atoms with Gasteiger partial charge in [0.05, 0.1) is 11.7 Å². The Hall–Kier alpha value is -5.28. The Morgan fingerprint density at radius 3 is 2.34 bits per heavy atom. The Kier molecular flexibility index (Phi) is 10.2. The molecule has 0 saturated carbocycles. The van der Waals surface area contributed by atoms with Gasteiger partial charge < -0.3 is 33.8 Å². The van der Waals surface area contributed by atoms with E-state index in [2.05, 4.69) is 21.7 Å². The lowest BCUT2D eigenvalue weighted by Crippen LogP contribution is -2.62. The lowest BCUT2D eigenvalue weighted by Gasteiger charge is -2.53. The zero-order valence-electron chi connectivity index (χ0n) is 32.8. The van der Waals surface area contributed by atoms with Crippen molar-refractivity contribution in [2.45, 2.75) is 71.3 Å². The molecule has 2 aromatic heterocycles. The molecule has 0 unspecified atom stereocenters. The minimum Gasteiger partial charge on any atom is -0.481 e. The van der Waals surface area contributed by atoms with Gasteiger partial charge in [-0.2, -0.15) is 28.2 Å². The van der Waals surface area contributed by atoms with Crippen LogP contribution in [0.5, 0.6) is 11.8 Å². The third-order valence-corrected chi connectivity index (χ3v) is 10.8. The fourth-order valence-electron chi connectivity index (χ4n) is 8.01. The van der Waals surface area contributed by atoms with Crippen LogP contribution in [0.1, 0.15) is 57.6 Å². The van der Waals surface area contributed by atoms with Gasteiger partial charge in [-0.25, -0.2) is 9.59 Å². The minimum atomic E-state index is -4.64. The highest BCUT2D eigenvalue weighted by atomic mass is 19.4. The molecule has 0 bridgehead atoms. The van der Waals surface area contributed by atoms with E-state index in [9.17, 15) is 22.8 Å². The van der Waals surface area contributed by atoms with Gasteiger partial charge in [0.15, 0.2) is 12.4 Å². The maximum absolute atomic E-state index is 14.0. The normalized spacial score (nSPS) is 17.6. The highest BCUT2D eigenvalue weighted by Crippen LogP contribution is 2.48. The number of piperidine rings is 2. The molecule has 3 aliphatic heterocycles. The first-order valence-corrected chi connectivity index (χ1v) is 18.9. The van der Waals surface area contributed by atoms with Crippen LogP contribution in [-0.2, 0) is 4.74 Å². The minimum absolute atomic E-state index is 0.0114. The largest absolute Gasteiger partial charge is 0.481 e. The number of urea groups is 1. The van der Waals surface area contributed by atoms with Gasteiger partial charge in [0.2, 0.25) is 0 Å². The van der Waals surface area contributed by atoms with E-state index in [1.165, 1.54) is 4.90 Å². The molecular weight excluding hydrogens is 729 g/mol. The van der Waals surface area contributed by atoms with Crippen LogP contribution in [0.4, 0.5) is 28.6 Å². The number of hydrogen-bond donors (Lipinski definition) is 1. The molecule has 300 valence electrons. The number of halogens is 3. The second-order valence-electron chi connectivity index (χ2n) is 16.4. The number of carbonyl (C=O) groups excluding carboxylic acids is 2. The number of amides is 3. The van der Waals surface area contributed by atoms with E-state index in [0.717, 1.165) is 18.4 Å². The highest BCUT2D eigenvalue weighted by molar-refractivity contribution is 6.07. The third kappa shape index (κ3) is 7.87. The summed E-state index contributed by atoms with van der Waals surface area (Å²) in [6.07, 6.45) is 0.515. The van der Waals surface area contributed by atoms with Crippen molar-refractivity contribution in [2.75, 3.05) is 64.9 Å². The number of nitrogens with zero attached hydrogens (tertiary/aromatic N) is 7. The van der Waals surface area contributed by atoms with Gasteiger partial charge in [-0.1, -0.05) is 18.7 Å². The second-order valence-corrected chi connectivity index (χ2v) is 16.4. The number of nitrogens with one attached hydrogen (secondary N) is 1. The Morgan fingerprint density at radius 1 is 1.02 bits per heavy atom. The Morgan fingerprint density at radius 2 is 1.71 bits per heavy atom. The van der Waals surface area contributed by atoms with E-state index in [-0.39, 0.29) is 40.9 Å². The van der Waals surface area contributed by atoms with Crippen LogP contribution < -0.4 is 14.4 Å². The number of aromatic nitrogens is 4. The molecule has 0 atom stereocenters. The third-order valence-electron chi connectivity index (χ3n) is 10.8. The monoisotopic (exact) mass is 778 g/mol. The predicted molar refractivity (Wildman–Crippen MR) is 207 cm³/mol. The molecule has 2 aromatic carbocycles. The number of fused-ring (bicyclic) bond motifs is 2. The summed E-state index contributed by atoms with van der Waals surface area (Å²) in [5.74, 6) is 0.444. The van der Waals surface area contributed by atoms with Crippen LogP contribution >= 0.6 is 0 Å². The molecule has 7 rings (SSSR count). The summed E-state index contributed by atoms with van der Waals surface area (Å²) < 4.78 is 59.9. The summed E-state index contributed by atoms with van der Waals surface area (Å²) in [5, 5.41) is 8.38. The first-order chi connectivity index (χ1) is 26.4. The number of aryl methyl sites for hydroxylation is 1. The summed E-state index contributed by atoms with van der Waals surface area (Å²) in [7, 11) is 3.41. The van der Waals surface area contributed by atoms with Gasteiger partial charge in [-0.3, -0.25) is 5.10 Å². The molecule has 13 nitrogen and oxygen atoms in total. The van der Waals surface area contributed by atoms with Crippen LogP contribution in [0.3, 0.4) is 0 Å². The van der Waals surface area contributed by atoms with Gasteiger partial charge in [0.1, 0.15) is 23.0 Å². The quantitative estimate of drug-likeness (QED) is 0.204. The lowest BCUT2D eigenvalue weighted by atomic mass is 9.72. The molecular formula is C40H49F3N8O5. The van der Waals surface area contributed by atoms with Crippen molar-refractivity contribution in [2.24, 2.45) is 5.41 Å². The van der Waals surface area contributed by atoms with Crippen LogP contribution in [0.25, 0.3) is 39.0 Å². The summed E-state index contributed by atoms with van der Waals surface area (Å²) in [4.78, 5) is 42.3. The number of benzene rings is 2. The molecule has 16 heteroatoms. The number of ether oxygens (including phenoxy) is 3. The van der Waals surface area contributed by atoms with E-state index in [0.29, 0.717) is 90.9 Å². The number of likely N-dealkylation sites (tertiary alicyclic amines) is 2. The zero-order chi connectivity index (χ0) is 40.2. The van der Waals surface area contributed by atoms with Crippen molar-refractivity contribution in [3.63, 3.8) is 0 Å². The van der Waals surface area contributed by atoms with E-state index >= 15 is 0 Å².